The molecule has 5 heteroatoms. The zero-order valence-electron chi connectivity index (χ0n) is 15.3. The standard InChI is InChI=1S/C21H26N2O3/c1-15-5-3-4-6-19(15)20(14-23-12-11-22-16(2)13-23)26-18-9-7-17(8-10-18)21(24)25/h3-10,16,20,22H,11-14H2,1-2H3,(H,24,25)/t16-,20?/m1/s1. The van der Waals surface area contributed by atoms with Gasteiger partial charge >= 0.3 is 5.97 Å². The van der Waals surface area contributed by atoms with E-state index in [1.54, 1.807) is 24.3 Å². The van der Waals surface area contributed by atoms with Crippen LogP contribution in [0.2, 0.25) is 0 Å². The zero-order valence-corrected chi connectivity index (χ0v) is 15.3. The summed E-state index contributed by atoms with van der Waals surface area (Å²) < 4.78 is 6.30. The first kappa shape index (κ1) is 18.4. The Morgan fingerprint density at radius 3 is 2.65 bits per heavy atom. The molecule has 5 nitrogen and oxygen atoms in total. The molecule has 0 bridgehead atoms. The summed E-state index contributed by atoms with van der Waals surface area (Å²) >= 11 is 0. The van der Waals surface area contributed by atoms with Crippen molar-refractivity contribution in [3.63, 3.8) is 0 Å². The van der Waals surface area contributed by atoms with E-state index in [2.05, 4.69) is 36.2 Å². The third-order valence-electron chi connectivity index (χ3n) is 4.79. The molecule has 0 amide bonds. The van der Waals surface area contributed by atoms with E-state index in [0.717, 1.165) is 26.2 Å². The van der Waals surface area contributed by atoms with Gasteiger partial charge in [0.05, 0.1) is 5.56 Å². The number of piperazine rings is 1. The van der Waals surface area contributed by atoms with Crippen LogP contribution in [0.1, 0.15) is 34.5 Å². The quantitative estimate of drug-likeness (QED) is 0.835. The van der Waals surface area contributed by atoms with Gasteiger partial charge in [0.1, 0.15) is 11.9 Å². The average Bonchev–Trinajstić information content (AvgIpc) is 2.62. The molecule has 1 unspecified atom stereocenters. The molecule has 2 aromatic carbocycles. The number of aryl methyl sites for hydroxylation is 1. The lowest BCUT2D eigenvalue weighted by Gasteiger charge is -2.34. The van der Waals surface area contributed by atoms with Crippen molar-refractivity contribution in [1.29, 1.82) is 0 Å². The molecule has 138 valence electrons. The smallest absolute Gasteiger partial charge is 0.335 e. The predicted octanol–water partition coefficient (Wildman–Crippen LogP) is 3.11. The van der Waals surface area contributed by atoms with Crippen molar-refractivity contribution in [3.8, 4) is 5.75 Å². The van der Waals surface area contributed by atoms with Crippen molar-refractivity contribution in [1.82, 2.24) is 10.2 Å². The van der Waals surface area contributed by atoms with Crippen LogP contribution >= 0.6 is 0 Å². The zero-order chi connectivity index (χ0) is 18.5. The molecular weight excluding hydrogens is 328 g/mol. The van der Waals surface area contributed by atoms with E-state index in [9.17, 15) is 4.79 Å². The Balaban J connectivity index is 1.80. The lowest BCUT2D eigenvalue weighted by atomic mass is 10.0. The lowest BCUT2D eigenvalue weighted by Crippen LogP contribution is -2.50. The summed E-state index contributed by atoms with van der Waals surface area (Å²) in [7, 11) is 0. The minimum atomic E-state index is -0.929. The number of nitrogens with zero attached hydrogens (tertiary/aromatic N) is 1. The van der Waals surface area contributed by atoms with E-state index in [1.165, 1.54) is 11.1 Å². The third kappa shape index (κ3) is 4.62. The predicted molar refractivity (Wildman–Crippen MR) is 102 cm³/mol. The number of benzene rings is 2. The Hall–Kier alpha value is -2.37. The molecule has 1 heterocycles. The number of aromatic carboxylic acids is 1. The van der Waals surface area contributed by atoms with Gasteiger partial charge in [-0.05, 0) is 49.2 Å². The van der Waals surface area contributed by atoms with Gasteiger partial charge < -0.3 is 15.2 Å². The molecule has 0 radical (unpaired) electrons. The number of ether oxygens (including phenoxy) is 1. The summed E-state index contributed by atoms with van der Waals surface area (Å²) in [5.74, 6) is -0.242. The van der Waals surface area contributed by atoms with Crippen LogP contribution in [-0.4, -0.2) is 48.2 Å². The molecule has 1 aliphatic heterocycles. The van der Waals surface area contributed by atoms with Gasteiger partial charge in [0.2, 0.25) is 0 Å². The maximum Gasteiger partial charge on any atom is 0.335 e. The fourth-order valence-electron chi connectivity index (χ4n) is 3.40. The van der Waals surface area contributed by atoms with Crippen LogP contribution in [0.25, 0.3) is 0 Å². The van der Waals surface area contributed by atoms with E-state index in [1.807, 2.05) is 12.1 Å². The van der Waals surface area contributed by atoms with E-state index >= 15 is 0 Å². The van der Waals surface area contributed by atoms with Crippen molar-refractivity contribution in [2.75, 3.05) is 26.2 Å². The number of nitrogens with one attached hydrogen (secondary N) is 1. The van der Waals surface area contributed by atoms with Gasteiger partial charge in [-0.15, -0.1) is 0 Å². The number of carboxylic acids is 1. The molecule has 3 rings (SSSR count). The van der Waals surface area contributed by atoms with Crippen molar-refractivity contribution in [2.45, 2.75) is 26.0 Å². The van der Waals surface area contributed by atoms with Crippen molar-refractivity contribution >= 4 is 5.97 Å². The van der Waals surface area contributed by atoms with Gasteiger partial charge in [-0.3, -0.25) is 4.90 Å². The maximum atomic E-state index is 11.0. The van der Waals surface area contributed by atoms with E-state index in [0.29, 0.717) is 11.8 Å². The van der Waals surface area contributed by atoms with E-state index < -0.39 is 5.97 Å². The topological polar surface area (TPSA) is 61.8 Å². The largest absolute Gasteiger partial charge is 0.484 e. The third-order valence-corrected chi connectivity index (χ3v) is 4.79. The molecule has 1 saturated heterocycles. The van der Waals surface area contributed by atoms with Crippen molar-refractivity contribution in [2.24, 2.45) is 0 Å². The maximum absolute atomic E-state index is 11.0. The first-order chi connectivity index (χ1) is 12.5. The SMILES string of the molecule is Cc1ccccc1C(CN1CCN[C@H](C)C1)Oc1ccc(C(=O)O)cc1. The number of carboxylic acid groups (broad SMARTS) is 1. The van der Waals surface area contributed by atoms with Crippen LogP contribution in [0, 0.1) is 6.92 Å². The van der Waals surface area contributed by atoms with Crippen LogP contribution in [0.15, 0.2) is 48.5 Å². The van der Waals surface area contributed by atoms with Gasteiger partial charge in [-0.25, -0.2) is 4.79 Å². The molecule has 0 aliphatic carbocycles. The summed E-state index contributed by atoms with van der Waals surface area (Å²) in [6, 6.07) is 15.4. The van der Waals surface area contributed by atoms with Gasteiger partial charge in [-0.2, -0.15) is 0 Å². The highest BCUT2D eigenvalue weighted by Crippen LogP contribution is 2.26. The summed E-state index contributed by atoms with van der Waals surface area (Å²) in [5, 5.41) is 12.5. The van der Waals surface area contributed by atoms with Crippen LogP contribution in [-0.2, 0) is 0 Å². The molecular formula is C21H26N2O3. The second-order valence-electron chi connectivity index (χ2n) is 6.91. The number of hydrogen-bond acceptors (Lipinski definition) is 4. The number of rotatable bonds is 6. The molecule has 0 aromatic heterocycles. The minimum Gasteiger partial charge on any atom is -0.484 e. The van der Waals surface area contributed by atoms with Crippen molar-refractivity contribution < 1.29 is 14.6 Å². The Morgan fingerprint density at radius 1 is 1.27 bits per heavy atom. The lowest BCUT2D eigenvalue weighted by molar-refractivity contribution is 0.0696. The first-order valence-electron chi connectivity index (χ1n) is 9.04. The minimum absolute atomic E-state index is 0.0998. The van der Waals surface area contributed by atoms with Crippen LogP contribution in [0.5, 0.6) is 5.75 Å². The van der Waals surface area contributed by atoms with Gasteiger partial charge in [0, 0.05) is 32.2 Å². The fourth-order valence-corrected chi connectivity index (χ4v) is 3.40. The highest BCUT2D eigenvalue weighted by atomic mass is 16.5. The van der Waals surface area contributed by atoms with Gasteiger partial charge in [-0.1, -0.05) is 24.3 Å². The van der Waals surface area contributed by atoms with Gasteiger partial charge in [0.25, 0.3) is 0 Å². The monoisotopic (exact) mass is 354 g/mol. The summed E-state index contributed by atoms with van der Waals surface area (Å²) in [4.78, 5) is 13.5. The molecule has 0 saturated carbocycles. The number of carbonyl (C=O) groups is 1. The summed E-state index contributed by atoms with van der Waals surface area (Å²) in [6.07, 6.45) is -0.0998. The normalized spacial score (nSPS) is 19.1. The summed E-state index contributed by atoms with van der Waals surface area (Å²) in [6.45, 7) is 8.06. The highest BCUT2D eigenvalue weighted by Gasteiger charge is 2.23. The average molecular weight is 354 g/mol. The van der Waals surface area contributed by atoms with E-state index in [4.69, 9.17) is 9.84 Å². The Bertz CT molecular complexity index is 745. The Kier molecular flexibility index (Phi) is 5.91. The molecule has 2 N–H and O–H groups in total. The van der Waals surface area contributed by atoms with E-state index in [-0.39, 0.29) is 11.7 Å². The Labute approximate surface area is 154 Å². The molecule has 26 heavy (non-hydrogen) atoms. The fraction of sp³-hybridized carbons (Fsp3) is 0.381. The molecule has 2 atom stereocenters. The summed E-state index contributed by atoms with van der Waals surface area (Å²) in [5.41, 5.74) is 2.63. The van der Waals surface area contributed by atoms with Crippen LogP contribution < -0.4 is 10.1 Å². The van der Waals surface area contributed by atoms with Crippen LogP contribution in [0.3, 0.4) is 0 Å². The molecule has 0 spiro atoms. The van der Waals surface area contributed by atoms with Crippen LogP contribution in [0.4, 0.5) is 0 Å². The Morgan fingerprint density at radius 2 is 2.00 bits per heavy atom. The molecule has 1 fully saturated rings. The second-order valence-corrected chi connectivity index (χ2v) is 6.91. The first-order valence-corrected chi connectivity index (χ1v) is 9.04. The van der Waals surface area contributed by atoms with Gasteiger partial charge in [0.15, 0.2) is 0 Å². The molecule has 1 aliphatic rings. The van der Waals surface area contributed by atoms with Crippen molar-refractivity contribution in [3.05, 3.63) is 65.2 Å². The number of hydrogen-bond donors (Lipinski definition) is 2. The second kappa shape index (κ2) is 8.34. The molecule has 2 aromatic rings. The highest BCUT2D eigenvalue weighted by molar-refractivity contribution is 5.87.